The van der Waals surface area contributed by atoms with Crippen LogP contribution in [0.5, 0.6) is 0 Å². The molecule has 8 N–H and O–H groups in total. The van der Waals surface area contributed by atoms with Gasteiger partial charge in [-0.2, -0.15) is 0 Å². The molecule has 24 nitrogen and oxygen atoms in total. The van der Waals surface area contributed by atoms with Crippen molar-refractivity contribution in [2.24, 2.45) is 63.6 Å². The molecule has 10 aliphatic rings. The molecule has 476 valence electrons. The van der Waals surface area contributed by atoms with E-state index in [2.05, 4.69) is 32.8 Å². The Labute approximate surface area is 496 Å². The van der Waals surface area contributed by atoms with Crippen LogP contribution in [0.4, 0.5) is 4.39 Å². The number of aliphatic hydroxyl groups excluding tert-OH is 4. The van der Waals surface area contributed by atoms with Crippen LogP contribution in [0, 0.1) is 63.6 Å². The maximum absolute atomic E-state index is 16.7. The summed E-state index contributed by atoms with van der Waals surface area (Å²) in [6.07, 6.45) is 12.0. The van der Waals surface area contributed by atoms with Gasteiger partial charge in [-0.3, -0.25) is 57.5 Å². The molecule has 86 heavy (non-hydrogen) atoms. The summed E-state index contributed by atoms with van der Waals surface area (Å²) in [5, 5.41) is 79.4. The number of alkyl halides is 1. The smallest absolute Gasteiger partial charge is 0.314 e. The second-order valence-electron chi connectivity index (χ2n) is 24.4. The molecule has 0 aromatic carbocycles. The summed E-state index contributed by atoms with van der Waals surface area (Å²) in [7, 11) is 2.45. The number of halogens is 1. The number of methoxy groups -OCH3 is 2. The highest BCUT2D eigenvalue weighted by Gasteiger charge is 2.72. The third kappa shape index (κ3) is 14.1. The van der Waals surface area contributed by atoms with E-state index in [9.17, 15) is 88.2 Å². The van der Waals surface area contributed by atoms with Gasteiger partial charge in [0, 0.05) is 34.0 Å². The highest BCUT2D eigenvalue weighted by molar-refractivity contribution is 6.02. The molecule has 0 aromatic rings. The second kappa shape index (κ2) is 28.1. The van der Waals surface area contributed by atoms with E-state index in [1.165, 1.54) is 26.4 Å². The van der Waals surface area contributed by atoms with Crippen LogP contribution in [0.1, 0.15) is 137 Å². The zero-order valence-electron chi connectivity index (χ0n) is 49.5. The quantitative estimate of drug-likeness (QED) is 0.0885. The van der Waals surface area contributed by atoms with Crippen molar-refractivity contribution in [2.75, 3.05) is 27.4 Å². The minimum atomic E-state index is -1.96. The van der Waals surface area contributed by atoms with Gasteiger partial charge in [0.15, 0.2) is 28.8 Å². The number of cyclic esters (lactones) is 4. The Morgan fingerprint density at radius 3 is 1.60 bits per heavy atom. The van der Waals surface area contributed by atoms with Crippen molar-refractivity contribution >= 4 is 70.9 Å². The van der Waals surface area contributed by atoms with Gasteiger partial charge in [0.2, 0.25) is 0 Å². The zero-order chi connectivity index (χ0) is 64.7. The first kappa shape index (κ1) is 70.3. The Morgan fingerprint density at radius 1 is 0.640 bits per heavy atom. The maximum atomic E-state index is 16.7. The first-order valence-corrected chi connectivity index (χ1v) is 28.8. The number of aliphatic hydroxyl groups is 6. The first-order valence-electron chi connectivity index (χ1n) is 28.8. The van der Waals surface area contributed by atoms with Crippen molar-refractivity contribution in [3.63, 3.8) is 0 Å². The van der Waals surface area contributed by atoms with E-state index in [-0.39, 0.29) is 104 Å². The molecule has 0 amide bonds. The lowest BCUT2D eigenvalue weighted by Crippen LogP contribution is -2.66. The van der Waals surface area contributed by atoms with Gasteiger partial charge in [-0.25, -0.2) is 4.39 Å². The Bertz CT molecular complexity index is 2730. The standard InChI is InChI=1S/C22H30O5.C21H27FO5.2C5H8O4.2C4H4O3/c1-12-8-14-15-5-7-22(27,18(26)11-23)21(15,3)10-17(25)19(14)20(2)6-4-13(24)9-16(12)20;1-11-7-14-15-4-3-12-8-13(24)5-6-19(12,2)21(15,22)17(25)9-16(14)20(11,27)18(26)10-23;2*1-9-5(8)3-2-4(6)7;2*5-3-1-2-4(6)7-3/h4,6,9,12,14-15,17,19,23,25,27H,5,7-8,10-11H2,1-3H3;5-6,8,11,14-17,23,25,27H,3-4,7,9-10H2,1-2H3;2*2-3H2,1H3,(H,6,7);2*1-2H2. The van der Waals surface area contributed by atoms with Crippen molar-refractivity contribution < 1.29 is 122 Å². The van der Waals surface area contributed by atoms with Gasteiger partial charge >= 0.3 is 47.8 Å². The number of carbonyl (C=O) groups excluding carboxylic acids is 10. The van der Waals surface area contributed by atoms with E-state index >= 15 is 4.39 Å². The molecule has 10 rings (SSSR count). The molecular formula is C61H81FO24. The number of aliphatic carboxylic acids is 2. The molecule has 0 radical (unpaired) electrons. The molecule has 0 bridgehead atoms. The number of allylic oxidation sites excluding steroid dienone is 8. The number of Topliss-reactive ketones (excluding diaryl/α,β-unsaturated/α-hetero) is 2. The summed E-state index contributed by atoms with van der Waals surface area (Å²) >= 11 is 0. The first-order chi connectivity index (χ1) is 40.1. The Hall–Kier alpha value is -6.51. The largest absolute Gasteiger partial charge is 0.481 e. The normalized spacial score (nSPS) is 37.2. The van der Waals surface area contributed by atoms with Gasteiger partial charge < -0.3 is 59.8 Å². The second-order valence-corrected chi connectivity index (χ2v) is 24.4. The fourth-order valence-electron chi connectivity index (χ4n) is 15.6. The van der Waals surface area contributed by atoms with Crippen molar-refractivity contribution in [2.45, 2.75) is 166 Å². The summed E-state index contributed by atoms with van der Waals surface area (Å²) in [5.41, 5.74) is -5.63. The molecule has 25 heteroatoms. The van der Waals surface area contributed by atoms with Crippen LogP contribution < -0.4 is 0 Å². The average molecular weight is 1220 g/mol. The van der Waals surface area contributed by atoms with Crippen molar-refractivity contribution in [1.82, 2.24) is 0 Å². The number of ether oxygens (including phenoxy) is 4. The predicted molar refractivity (Wildman–Crippen MR) is 293 cm³/mol. The number of carboxylic acids is 2. The molecule has 2 heterocycles. The lowest BCUT2D eigenvalue weighted by Gasteiger charge is -2.60. The van der Waals surface area contributed by atoms with Crippen LogP contribution in [0.15, 0.2) is 47.6 Å². The molecule has 0 aromatic heterocycles. The Morgan fingerprint density at radius 2 is 1.14 bits per heavy atom. The molecule has 8 aliphatic carbocycles. The minimum Gasteiger partial charge on any atom is -0.481 e. The van der Waals surface area contributed by atoms with E-state index in [4.69, 9.17) is 10.2 Å². The highest BCUT2D eigenvalue weighted by atomic mass is 19.1. The third-order valence-corrected chi connectivity index (χ3v) is 19.8. The maximum Gasteiger partial charge on any atom is 0.314 e. The molecule has 16 unspecified atom stereocenters. The van der Waals surface area contributed by atoms with Gasteiger partial charge in [-0.1, -0.05) is 51.0 Å². The van der Waals surface area contributed by atoms with E-state index in [0.717, 1.165) is 18.4 Å². The van der Waals surface area contributed by atoms with Crippen LogP contribution in [-0.2, 0) is 76.5 Å². The molecule has 0 spiro atoms. The van der Waals surface area contributed by atoms with Crippen LogP contribution >= 0.6 is 0 Å². The van der Waals surface area contributed by atoms with Gasteiger partial charge in [0.25, 0.3) is 0 Å². The fraction of sp³-hybridized carbons (Fsp3) is 0.672. The highest BCUT2D eigenvalue weighted by Crippen LogP contribution is 2.69. The molecule has 16 atom stereocenters. The number of carbonyl (C=O) groups is 12. The van der Waals surface area contributed by atoms with Crippen LogP contribution in [0.2, 0.25) is 0 Å². The summed E-state index contributed by atoms with van der Waals surface area (Å²) in [4.78, 5) is 129. The van der Waals surface area contributed by atoms with E-state index < -0.39 is 130 Å². The van der Waals surface area contributed by atoms with Crippen LogP contribution in [-0.4, -0.2) is 168 Å². The monoisotopic (exact) mass is 1220 g/mol. The molecule has 6 saturated carbocycles. The van der Waals surface area contributed by atoms with Crippen molar-refractivity contribution in [3.8, 4) is 0 Å². The number of esters is 6. The molecular weight excluding hydrogens is 1140 g/mol. The van der Waals surface area contributed by atoms with Gasteiger partial charge in [0.1, 0.15) is 24.4 Å². The number of hydrogen-bond acceptors (Lipinski definition) is 22. The van der Waals surface area contributed by atoms with Crippen molar-refractivity contribution in [1.29, 1.82) is 0 Å². The fourth-order valence-corrected chi connectivity index (χ4v) is 15.6. The van der Waals surface area contributed by atoms with Crippen molar-refractivity contribution in [3.05, 3.63) is 47.6 Å². The van der Waals surface area contributed by atoms with Gasteiger partial charge in [-0.15, -0.1) is 0 Å². The number of ketones is 4. The molecule has 2 aliphatic heterocycles. The SMILES string of the molecule is CC1CC2C(C(O)CC3(C)C2CCC3(O)C(=O)CO)C2(C)C=CC(=O)C=C12.CC1CC2C(CC(O)C3(F)C2CCC2=CC(=O)C=CC23C)C1(O)C(=O)CO.COC(=O)CCC(=O)O.COC(=O)CCC(=O)O.O=C1CCC(=O)O1.O=C1CCC(=O)O1. The topological polar surface area (TPSA) is 404 Å². The Balaban J connectivity index is 0.000000210. The summed E-state index contributed by atoms with van der Waals surface area (Å²) in [6, 6.07) is 0. The van der Waals surface area contributed by atoms with Crippen LogP contribution in [0.3, 0.4) is 0 Å². The summed E-state index contributed by atoms with van der Waals surface area (Å²) < 4.78 is 33.3. The van der Waals surface area contributed by atoms with Gasteiger partial charge in [0.05, 0.1) is 77.8 Å². The molecule has 8 fully saturated rings. The van der Waals surface area contributed by atoms with Gasteiger partial charge in [-0.05, 0) is 112 Å². The number of fused-ring (bicyclic) bond motifs is 10. The zero-order valence-corrected chi connectivity index (χ0v) is 49.5. The minimum absolute atomic E-state index is 0.00620. The average Bonchev–Trinajstić information content (AvgIpc) is 1.29. The van der Waals surface area contributed by atoms with Crippen LogP contribution in [0.25, 0.3) is 0 Å². The predicted octanol–water partition coefficient (Wildman–Crippen LogP) is 3.06. The number of carboxylic acid groups (broad SMARTS) is 2. The number of hydrogen-bond donors (Lipinski definition) is 8. The molecule has 2 saturated heterocycles. The Kier molecular flexibility index (Phi) is 23.0. The lowest BCUT2D eigenvalue weighted by atomic mass is 9.45. The lowest BCUT2D eigenvalue weighted by molar-refractivity contribution is -0.191. The summed E-state index contributed by atoms with van der Waals surface area (Å²) in [6.45, 7) is 8.21. The third-order valence-electron chi connectivity index (χ3n) is 19.8. The van der Waals surface area contributed by atoms with E-state index in [0.29, 0.717) is 37.7 Å². The van der Waals surface area contributed by atoms with E-state index in [1.54, 1.807) is 32.1 Å². The van der Waals surface area contributed by atoms with E-state index in [1.807, 2.05) is 13.0 Å². The number of rotatable bonds is 10. The summed E-state index contributed by atoms with van der Waals surface area (Å²) in [5.74, 6) is -7.17.